The monoisotopic (exact) mass is 446 g/mol. The molecule has 0 amide bonds. The summed E-state index contributed by atoms with van der Waals surface area (Å²) >= 11 is 0. The molecule has 6 rings (SSSR count). The van der Waals surface area contributed by atoms with Crippen LogP contribution in [0.3, 0.4) is 0 Å². The molecule has 166 valence electrons. The van der Waals surface area contributed by atoms with E-state index in [-0.39, 0.29) is 12.4 Å². The van der Waals surface area contributed by atoms with Crippen LogP contribution in [0, 0.1) is 5.82 Å². The van der Waals surface area contributed by atoms with E-state index in [1.165, 1.54) is 12.4 Å². The molecule has 5 aromatic rings. The van der Waals surface area contributed by atoms with Gasteiger partial charge in [0.15, 0.2) is 11.3 Å². The second-order valence-corrected chi connectivity index (χ2v) is 7.82. The van der Waals surface area contributed by atoms with Crippen LogP contribution in [-0.4, -0.2) is 45.9 Å². The average Bonchev–Trinajstić information content (AvgIpc) is 3.57. The fourth-order valence-electron chi connectivity index (χ4n) is 4.27. The molecule has 1 aromatic carbocycles. The number of aromatic nitrogens is 7. The van der Waals surface area contributed by atoms with E-state index in [4.69, 9.17) is 4.74 Å². The predicted octanol–water partition coefficient (Wildman–Crippen LogP) is 2.57. The average molecular weight is 446 g/mol. The number of nitrogens with one attached hydrogen (secondary N) is 1. The van der Waals surface area contributed by atoms with Gasteiger partial charge < -0.3 is 15.2 Å². The van der Waals surface area contributed by atoms with Crippen LogP contribution in [0.2, 0.25) is 0 Å². The number of benzene rings is 1. The van der Waals surface area contributed by atoms with Gasteiger partial charge in [0.25, 0.3) is 0 Å². The zero-order chi connectivity index (χ0) is 22.5. The molecule has 1 atom stereocenters. The lowest BCUT2D eigenvalue weighted by atomic mass is 10.0. The highest BCUT2D eigenvalue weighted by Gasteiger charge is 2.21. The summed E-state index contributed by atoms with van der Waals surface area (Å²) in [6.45, 7) is 2.47. The third-order valence-corrected chi connectivity index (χ3v) is 5.87. The first-order chi connectivity index (χ1) is 16.1. The first-order valence-electron chi connectivity index (χ1n) is 10.5. The molecule has 1 aliphatic heterocycles. The minimum atomic E-state index is -0.703. The Labute approximate surface area is 186 Å². The van der Waals surface area contributed by atoms with Crippen molar-refractivity contribution in [2.24, 2.45) is 0 Å². The molecule has 4 aromatic heterocycles. The molecule has 1 unspecified atom stereocenters. The molecule has 0 spiro atoms. The topological polar surface area (TPSA) is 115 Å². The van der Waals surface area contributed by atoms with Crippen LogP contribution in [-0.2, 0) is 13.0 Å². The molecule has 11 heteroatoms. The van der Waals surface area contributed by atoms with E-state index in [0.717, 1.165) is 16.9 Å². The highest BCUT2D eigenvalue weighted by atomic mass is 19.1. The Bertz CT molecular complexity index is 1510. The summed E-state index contributed by atoms with van der Waals surface area (Å²) in [6, 6.07) is 6.74. The van der Waals surface area contributed by atoms with Gasteiger partial charge in [-0.25, -0.2) is 18.9 Å². The van der Waals surface area contributed by atoms with Gasteiger partial charge in [-0.15, -0.1) is 10.2 Å². The highest BCUT2D eigenvalue weighted by molar-refractivity contribution is 5.86. The summed E-state index contributed by atoms with van der Waals surface area (Å²) in [5.41, 5.74) is 4.65. The molecular weight excluding hydrogens is 427 g/mol. The van der Waals surface area contributed by atoms with Crippen molar-refractivity contribution in [3.8, 4) is 16.9 Å². The zero-order valence-electron chi connectivity index (χ0n) is 17.6. The Balaban J connectivity index is 1.39. The predicted molar refractivity (Wildman–Crippen MR) is 116 cm³/mol. The largest absolute Gasteiger partial charge is 0.493 e. The van der Waals surface area contributed by atoms with Crippen LogP contribution in [0.25, 0.3) is 22.4 Å². The SMILES string of the molecule is CC(O)c1ccc(-c2cnc(NCc3c(F)ccc4c3CCO4)n3cnnc23)c2ncnn12. The molecule has 10 nitrogen and oxygen atoms in total. The minimum Gasteiger partial charge on any atom is -0.493 e. The van der Waals surface area contributed by atoms with Gasteiger partial charge in [0.05, 0.1) is 18.4 Å². The Morgan fingerprint density at radius 1 is 1.18 bits per heavy atom. The van der Waals surface area contributed by atoms with Crippen LogP contribution >= 0.6 is 0 Å². The molecule has 2 N–H and O–H groups in total. The van der Waals surface area contributed by atoms with Crippen LogP contribution in [0.4, 0.5) is 10.3 Å². The number of anilines is 1. The number of nitrogens with zero attached hydrogens (tertiary/aromatic N) is 7. The number of rotatable bonds is 5. The fraction of sp³-hybridized carbons (Fsp3) is 0.227. The number of pyridine rings is 1. The van der Waals surface area contributed by atoms with Crippen LogP contribution in [0.1, 0.15) is 29.8 Å². The normalized spacial score (nSPS) is 13.9. The van der Waals surface area contributed by atoms with E-state index in [9.17, 15) is 9.50 Å². The fourth-order valence-corrected chi connectivity index (χ4v) is 4.27. The Morgan fingerprint density at radius 3 is 2.97 bits per heavy atom. The van der Waals surface area contributed by atoms with Crippen molar-refractivity contribution in [2.45, 2.75) is 26.0 Å². The maximum Gasteiger partial charge on any atom is 0.210 e. The molecule has 0 radical (unpaired) electrons. The number of halogens is 1. The first-order valence-corrected chi connectivity index (χ1v) is 10.5. The Hall–Kier alpha value is -4.12. The lowest BCUT2D eigenvalue weighted by Gasteiger charge is -2.13. The number of aliphatic hydroxyl groups excluding tert-OH is 1. The standard InChI is InChI=1S/C22H19FN8O2/c1-12(32)18-4-2-14(20-26-10-28-31(18)20)16-9-25-22(30-11-27-29-21(16)30)24-8-15-13-6-7-33-19(13)5-3-17(15)23/h2-5,9-12,32H,6-8H2,1H3,(H,24,25). The van der Waals surface area contributed by atoms with Crippen molar-refractivity contribution in [1.29, 1.82) is 0 Å². The number of fused-ring (bicyclic) bond motifs is 3. The number of hydrogen-bond acceptors (Lipinski definition) is 8. The van der Waals surface area contributed by atoms with E-state index in [2.05, 4.69) is 30.6 Å². The zero-order valence-corrected chi connectivity index (χ0v) is 17.6. The van der Waals surface area contributed by atoms with Gasteiger partial charge in [-0.2, -0.15) is 5.10 Å². The lowest BCUT2D eigenvalue weighted by Crippen LogP contribution is -2.10. The van der Waals surface area contributed by atoms with E-state index in [0.29, 0.717) is 47.1 Å². The number of hydrogen-bond donors (Lipinski definition) is 2. The van der Waals surface area contributed by atoms with Gasteiger partial charge in [0.1, 0.15) is 24.2 Å². The van der Waals surface area contributed by atoms with Gasteiger partial charge in [0, 0.05) is 41.4 Å². The number of ether oxygens (including phenoxy) is 1. The van der Waals surface area contributed by atoms with E-state index < -0.39 is 6.10 Å². The molecule has 33 heavy (non-hydrogen) atoms. The summed E-state index contributed by atoms with van der Waals surface area (Å²) in [5.74, 6) is 0.924. The summed E-state index contributed by atoms with van der Waals surface area (Å²) < 4.78 is 23.4. The highest BCUT2D eigenvalue weighted by Crippen LogP contribution is 2.32. The molecule has 1 aliphatic rings. The second kappa shape index (κ2) is 7.48. The lowest BCUT2D eigenvalue weighted by molar-refractivity contribution is 0.191. The second-order valence-electron chi connectivity index (χ2n) is 7.82. The third kappa shape index (κ3) is 3.08. The van der Waals surface area contributed by atoms with Crippen molar-refractivity contribution >= 4 is 17.2 Å². The molecule has 0 fully saturated rings. The van der Waals surface area contributed by atoms with Gasteiger partial charge in [0.2, 0.25) is 5.95 Å². The summed E-state index contributed by atoms with van der Waals surface area (Å²) in [6.07, 6.45) is 4.63. The van der Waals surface area contributed by atoms with E-state index in [1.807, 2.05) is 6.07 Å². The van der Waals surface area contributed by atoms with Crippen molar-refractivity contribution in [2.75, 3.05) is 11.9 Å². The van der Waals surface area contributed by atoms with Crippen LogP contribution in [0.5, 0.6) is 5.75 Å². The molecule has 0 aliphatic carbocycles. The van der Waals surface area contributed by atoms with Crippen molar-refractivity contribution < 1.29 is 14.2 Å². The van der Waals surface area contributed by atoms with Crippen molar-refractivity contribution in [1.82, 2.24) is 34.2 Å². The molecule has 0 saturated heterocycles. The first kappa shape index (κ1) is 19.6. The summed E-state index contributed by atoms with van der Waals surface area (Å²) in [4.78, 5) is 8.91. The van der Waals surface area contributed by atoms with Gasteiger partial charge >= 0.3 is 0 Å². The molecule has 0 saturated carbocycles. The van der Waals surface area contributed by atoms with Crippen LogP contribution < -0.4 is 10.1 Å². The maximum absolute atomic E-state index is 14.5. The van der Waals surface area contributed by atoms with Crippen LogP contribution in [0.15, 0.2) is 43.1 Å². The smallest absolute Gasteiger partial charge is 0.210 e. The van der Waals surface area contributed by atoms with E-state index >= 15 is 0 Å². The molecule has 0 bridgehead atoms. The summed E-state index contributed by atoms with van der Waals surface area (Å²) in [5, 5.41) is 25.8. The van der Waals surface area contributed by atoms with Gasteiger partial charge in [-0.05, 0) is 31.2 Å². The van der Waals surface area contributed by atoms with E-state index in [1.54, 1.807) is 40.5 Å². The molecular formula is C22H19FN8O2. The van der Waals surface area contributed by atoms with Crippen molar-refractivity contribution in [3.05, 3.63) is 65.8 Å². The Kier molecular flexibility index (Phi) is 4.44. The number of aliphatic hydroxyl groups is 1. The molecule has 5 heterocycles. The minimum absolute atomic E-state index is 0.246. The maximum atomic E-state index is 14.5. The quantitative estimate of drug-likeness (QED) is 0.423. The van der Waals surface area contributed by atoms with Gasteiger partial charge in [-0.3, -0.25) is 4.40 Å². The van der Waals surface area contributed by atoms with Gasteiger partial charge in [-0.1, -0.05) is 0 Å². The summed E-state index contributed by atoms with van der Waals surface area (Å²) in [7, 11) is 0. The van der Waals surface area contributed by atoms with Crippen molar-refractivity contribution in [3.63, 3.8) is 0 Å². The third-order valence-electron chi connectivity index (χ3n) is 5.87. The Morgan fingerprint density at radius 2 is 2.09 bits per heavy atom.